The Kier molecular flexibility index (Phi) is 4.77. The first kappa shape index (κ1) is 15.3. The first-order chi connectivity index (χ1) is 10.1. The smallest absolute Gasteiger partial charge is 0.169 e. The lowest BCUT2D eigenvalue weighted by atomic mass is 10.1. The van der Waals surface area contributed by atoms with Gasteiger partial charge in [0.2, 0.25) is 0 Å². The topological polar surface area (TPSA) is 64.7 Å². The number of benzene rings is 2. The highest BCUT2D eigenvalue weighted by atomic mass is 19.1. The second kappa shape index (κ2) is 6.56. The second-order valence-electron chi connectivity index (χ2n) is 4.69. The monoisotopic (exact) mass is 291 g/mol. The van der Waals surface area contributed by atoms with Gasteiger partial charge < -0.3 is 20.3 Å². The molecule has 3 N–H and O–H groups in total. The van der Waals surface area contributed by atoms with Crippen LogP contribution in [0.2, 0.25) is 0 Å². The zero-order chi connectivity index (χ0) is 15.4. The number of aliphatic hydroxyl groups excluding tert-OH is 1. The fourth-order valence-corrected chi connectivity index (χ4v) is 2.06. The summed E-state index contributed by atoms with van der Waals surface area (Å²) >= 11 is 0. The number of hydrogen-bond acceptors (Lipinski definition) is 4. The highest BCUT2D eigenvalue weighted by Crippen LogP contribution is 2.36. The minimum atomic E-state index is -0.496. The Morgan fingerprint density at radius 2 is 1.95 bits per heavy atom. The van der Waals surface area contributed by atoms with E-state index in [0.717, 1.165) is 0 Å². The van der Waals surface area contributed by atoms with E-state index in [9.17, 15) is 4.39 Å². The minimum Gasteiger partial charge on any atom is -0.493 e. The Hall–Kier alpha value is -2.11. The van der Waals surface area contributed by atoms with Crippen LogP contribution in [0.4, 0.5) is 4.39 Å². The van der Waals surface area contributed by atoms with Crippen LogP contribution in [-0.4, -0.2) is 12.2 Å². The molecular weight excluding hydrogens is 273 g/mol. The third-order valence-corrected chi connectivity index (χ3v) is 3.10. The van der Waals surface area contributed by atoms with Crippen molar-refractivity contribution in [2.45, 2.75) is 19.6 Å². The summed E-state index contributed by atoms with van der Waals surface area (Å²) in [7, 11) is 1.50. The molecule has 0 aliphatic heterocycles. The zero-order valence-electron chi connectivity index (χ0n) is 12.0. The van der Waals surface area contributed by atoms with Crippen LogP contribution in [0.1, 0.15) is 24.1 Å². The predicted molar refractivity (Wildman–Crippen MR) is 78.0 cm³/mol. The molecule has 0 aliphatic rings. The third-order valence-electron chi connectivity index (χ3n) is 3.10. The molecule has 112 valence electrons. The summed E-state index contributed by atoms with van der Waals surface area (Å²) in [4.78, 5) is 0. The van der Waals surface area contributed by atoms with Gasteiger partial charge in [0.15, 0.2) is 11.5 Å². The van der Waals surface area contributed by atoms with E-state index >= 15 is 0 Å². The summed E-state index contributed by atoms with van der Waals surface area (Å²) < 4.78 is 24.9. The predicted octanol–water partition coefficient (Wildman–Crippen LogP) is 3.14. The average Bonchev–Trinajstić information content (AvgIpc) is 2.47. The molecule has 4 nitrogen and oxygen atoms in total. The molecule has 5 heteroatoms. The van der Waals surface area contributed by atoms with Crippen molar-refractivity contribution in [3.63, 3.8) is 0 Å². The van der Waals surface area contributed by atoms with Gasteiger partial charge in [-0.15, -0.1) is 0 Å². The molecule has 0 spiro atoms. The summed E-state index contributed by atoms with van der Waals surface area (Å²) in [6.45, 7) is 1.60. The molecule has 0 unspecified atom stereocenters. The van der Waals surface area contributed by atoms with Gasteiger partial charge in [0.25, 0.3) is 0 Å². The number of nitrogens with two attached hydrogens (primary N) is 1. The number of methoxy groups -OCH3 is 1. The molecule has 0 radical (unpaired) electrons. The lowest BCUT2D eigenvalue weighted by Crippen LogP contribution is -2.09. The number of ether oxygens (including phenoxy) is 2. The van der Waals surface area contributed by atoms with Crippen molar-refractivity contribution in [3.8, 4) is 17.2 Å². The van der Waals surface area contributed by atoms with E-state index in [1.54, 1.807) is 37.3 Å². The Morgan fingerprint density at radius 3 is 2.57 bits per heavy atom. The molecule has 0 fully saturated rings. The Labute approximate surface area is 122 Å². The third kappa shape index (κ3) is 3.32. The highest BCUT2D eigenvalue weighted by Gasteiger charge is 2.16. The fourth-order valence-electron chi connectivity index (χ4n) is 2.06. The number of halogens is 1. The molecule has 0 heterocycles. The molecule has 2 aromatic rings. The van der Waals surface area contributed by atoms with Crippen LogP contribution < -0.4 is 15.2 Å². The summed E-state index contributed by atoms with van der Waals surface area (Å²) in [6.07, 6.45) is 0. The second-order valence-corrected chi connectivity index (χ2v) is 4.69. The summed E-state index contributed by atoms with van der Waals surface area (Å²) in [5.74, 6) is 0.831. The quantitative estimate of drug-likeness (QED) is 0.888. The van der Waals surface area contributed by atoms with Gasteiger partial charge in [-0.25, -0.2) is 4.39 Å². The standard InChI is InChI=1S/C16H18FNO3/c1-10(18)16-12(17)4-3-5-14(16)21-13-7-6-11(9-19)8-15(13)20-2/h3-8,10,19H,9,18H2,1-2H3/t10-/m0/s1. The molecule has 0 saturated carbocycles. The Balaban J connectivity index is 2.41. The first-order valence-electron chi connectivity index (χ1n) is 6.56. The lowest BCUT2D eigenvalue weighted by Gasteiger charge is -2.16. The molecule has 0 aromatic heterocycles. The van der Waals surface area contributed by atoms with Crippen molar-refractivity contribution in [2.24, 2.45) is 5.73 Å². The average molecular weight is 291 g/mol. The van der Waals surface area contributed by atoms with Gasteiger partial charge in [0, 0.05) is 11.6 Å². The van der Waals surface area contributed by atoms with E-state index in [1.165, 1.54) is 13.2 Å². The van der Waals surface area contributed by atoms with Gasteiger partial charge in [-0.05, 0) is 36.8 Å². The molecule has 21 heavy (non-hydrogen) atoms. The molecule has 2 rings (SSSR count). The van der Waals surface area contributed by atoms with E-state index in [0.29, 0.717) is 28.4 Å². The molecule has 1 atom stereocenters. The van der Waals surface area contributed by atoms with E-state index < -0.39 is 11.9 Å². The first-order valence-corrected chi connectivity index (χ1v) is 6.56. The van der Waals surface area contributed by atoms with Gasteiger partial charge in [-0.3, -0.25) is 0 Å². The van der Waals surface area contributed by atoms with Gasteiger partial charge in [-0.1, -0.05) is 12.1 Å². The van der Waals surface area contributed by atoms with Crippen molar-refractivity contribution in [2.75, 3.05) is 7.11 Å². The summed E-state index contributed by atoms with van der Waals surface area (Å²) in [5.41, 5.74) is 6.81. The Bertz CT molecular complexity index is 629. The zero-order valence-corrected chi connectivity index (χ0v) is 12.0. The van der Waals surface area contributed by atoms with Gasteiger partial charge in [0.1, 0.15) is 11.6 Å². The van der Waals surface area contributed by atoms with Crippen LogP contribution >= 0.6 is 0 Å². The number of hydrogen-bond donors (Lipinski definition) is 2. The van der Waals surface area contributed by atoms with Crippen LogP contribution in [-0.2, 0) is 6.61 Å². The van der Waals surface area contributed by atoms with Gasteiger partial charge in [-0.2, -0.15) is 0 Å². The largest absolute Gasteiger partial charge is 0.493 e. The molecule has 0 bridgehead atoms. The van der Waals surface area contributed by atoms with E-state index in [1.807, 2.05) is 0 Å². The summed E-state index contributed by atoms with van der Waals surface area (Å²) in [5, 5.41) is 9.13. The van der Waals surface area contributed by atoms with E-state index in [4.69, 9.17) is 20.3 Å². The molecule has 0 amide bonds. The maximum absolute atomic E-state index is 13.9. The van der Waals surface area contributed by atoms with Crippen LogP contribution in [0, 0.1) is 5.82 Å². The van der Waals surface area contributed by atoms with Crippen LogP contribution in [0.3, 0.4) is 0 Å². The minimum absolute atomic E-state index is 0.0955. The maximum Gasteiger partial charge on any atom is 0.169 e. The highest BCUT2D eigenvalue weighted by molar-refractivity contribution is 5.47. The van der Waals surface area contributed by atoms with Crippen LogP contribution in [0.25, 0.3) is 0 Å². The van der Waals surface area contributed by atoms with Crippen molar-refractivity contribution in [1.82, 2.24) is 0 Å². The van der Waals surface area contributed by atoms with E-state index in [2.05, 4.69) is 0 Å². The van der Waals surface area contributed by atoms with Gasteiger partial charge >= 0.3 is 0 Å². The Morgan fingerprint density at radius 1 is 1.19 bits per heavy atom. The van der Waals surface area contributed by atoms with Crippen molar-refractivity contribution in [1.29, 1.82) is 0 Å². The maximum atomic E-state index is 13.9. The van der Waals surface area contributed by atoms with Gasteiger partial charge in [0.05, 0.1) is 13.7 Å². The van der Waals surface area contributed by atoms with Crippen LogP contribution in [0.5, 0.6) is 17.2 Å². The summed E-state index contributed by atoms with van der Waals surface area (Å²) in [6, 6.07) is 9.11. The van der Waals surface area contributed by atoms with Crippen molar-refractivity contribution >= 4 is 0 Å². The fraction of sp³-hybridized carbons (Fsp3) is 0.250. The molecular formula is C16H18FNO3. The van der Waals surface area contributed by atoms with Crippen molar-refractivity contribution in [3.05, 3.63) is 53.3 Å². The molecule has 2 aromatic carbocycles. The van der Waals surface area contributed by atoms with Crippen molar-refractivity contribution < 1.29 is 19.0 Å². The number of rotatable bonds is 5. The van der Waals surface area contributed by atoms with E-state index in [-0.39, 0.29) is 6.61 Å². The van der Waals surface area contributed by atoms with Crippen LogP contribution in [0.15, 0.2) is 36.4 Å². The molecule has 0 aliphatic carbocycles. The lowest BCUT2D eigenvalue weighted by molar-refractivity contribution is 0.280. The normalized spacial score (nSPS) is 12.0. The SMILES string of the molecule is COc1cc(CO)ccc1Oc1cccc(F)c1[C@H](C)N. The number of aliphatic hydroxyl groups is 1. The molecule has 0 saturated heterocycles.